The third-order valence-electron chi connectivity index (χ3n) is 5.21. The molecule has 26 heavy (non-hydrogen) atoms. The van der Waals surface area contributed by atoms with Gasteiger partial charge in [-0.1, -0.05) is 26.7 Å². The van der Waals surface area contributed by atoms with Gasteiger partial charge in [0.1, 0.15) is 9.84 Å². The van der Waals surface area contributed by atoms with Gasteiger partial charge in [-0.15, -0.1) is 24.0 Å². The largest absolute Gasteiger partial charge is 0.355 e. The average Bonchev–Trinajstić information content (AvgIpc) is 3.09. The highest BCUT2D eigenvalue weighted by molar-refractivity contribution is 14.0. The molecule has 0 saturated carbocycles. The fourth-order valence-electron chi connectivity index (χ4n) is 3.59. The Kier molecular flexibility index (Phi) is 13.1. The van der Waals surface area contributed by atoms with Crippen LogP contribution in [0.4, 0.5) is 0 Å². The van der Waals surface area contributed by atoms with Crippen LogP contribution in [-0.4, -0.2) is 70.1 Å². The molecule has 1 fully saturated rings. The lowest BCUT2D eigenvalue weighted by atomic mass is 9.93. The maximum atomic E-state index is 11.3. The van der Waals surface area contributed by atoms with Crippen LogP contribution in [0.1, 0.15) is 52.9 Å². The van der Waals surface area contributed by atoms with Gasteiger partial charge < -0.3 is 10.6 Å². The first-order valence-electron chi connectivity index (χ1n) is 9.69. The molecular formula is C18H39IN4O2S. The van der Waals surface area contributed by atoms with Gasteiger partial charge in [0.2, 0.25) is 0 Å². The Bertz CT molecular complexity index is 501. The number of aliphatic imine (C=N–C) groups is 1. The first-order chi connectivity index (χ1) is 11.8. The highest BCUT2D eigenvalue weighted by atomic mass is 127. The summed E-state index contributed by atoms with van der Waals surface area (Å²) < 4.78 is 22.6. The molecule has 2 N–H and O–H groups in total. The van der Waals surface area contributed by atoms with Gasteiger partial charge in [0.25, 0.3) is 0 Å². The van der Waals surface area contributed by atoms with Crippen LogP contribution in [0, 0.1) is 5.92 Å². The van der Waals surface area contributed by atoms with Gasteiger partial charge >= 0.3 is 0 Å². The highest BCUT2D eigenvalue weighted by Gasteiger charge is 2.27. The Morgan fingerprint density at radius 1 is 1.19 bits per heavy atom. The molecule has 1 aliphatic heterocycles. The van der Waals surface area contributed by atoms with Crippen LogP contribution in [0.15, 0.2) is 4.99 Å². The standard InChI is InChI=1S/C18H38N4O2S.HI/c1-6-16(7-2)17(22-11-8-9-12-22)14-20-18(19-4)21-15(3)10-13-25(5,23)24;/h15-17H,6-14H2,1-5H3,(H2,19,20,21);1H. The normalized spacial score (nSPS) is 18.5. The van der Waals surface area contributed by atoms with Gasteiger partial charge in [-0.2, -0.15) is 0 Å². The van der Waals surface area contributed by atoms with Crippen LogP contribution in [0.2, 0.25) is 0 Å². The molecule has 0 aromatic heterocycles. The summed E-state index contributed by atoms with van der Waals surface area (Å²) in [5.74, 6) is 1.64. The summed E-state index contributed by atoms with van der Waals surface area (Å²) in [4.78, 5) is 6.92. The van der Waals surface area contributed by atoms with Crippen molar-refractivity contribution < 1.29 is 8.42 Å². The fraction of sp³-hybridized carbons (Fsp3) is 0.944. The smallest absolute Gasteiger partial charge is 0.191 e. The number of nitrogens with one attached hydrogen (secondary N) is 2. The zero-order chi connectivity index (χ0) is 18.9. The Balaban J connectivity index is 0.00000625. The highest BCUT2D eigenvalue weighted by Crippen LogP contribution is 2.22. The summed E-state index contributed by atoms with van der Waals surface area (Å²) in [6.45, 7) is 9.82. The lowest BCUT2D eigenvalue weighted by Crippen LogP contribution is -2.50. The van der Waals surface area contributed by atoms with Crippen molar-refractivity contribution in [3.05, 3.63) is 0 Å². The van der Waals surface area contributed by atoms with Crippen molar-refractivity contribution in [3.63, 3.8) is 0 Å². The van der Waals surface area contributed by atoms with Crippen LogP contribution in [0.3, 0.4) is 0 Å². The molecule has 1 rings (SSSR count). The molecule has 8 heteroatoms. The quantitative estimate of drug-likeness (QED) is 0.273. The zero-order valence-corrected chi connectivity index (χ0v) is 20.3. The van der Waals surface area contributed by atoms with Crippen LogP contribution < -0.4 is 10.6 Å². The monoisotopic (exact) mass is 502 g/mol. The summed E-state index contributed by atoms with van der Waals surface area (Å²) in [6.07, 6.45) is 6.84. The van der Waals surface area contributed by atoms with Crippen molar-refractivity contribution in [3.8, 4) is 0 Å². The number of rotatable bonds is 10. The van der Waals surface area contributed by atoms with Crippen LogP contribution in [-0.2, 0) is 9.84 Å². The van der Waals surface area contributed by atoms with E-state index in [9.17, 15) is 8.42 Å². The topological polar surface area (TPSA) is 73.8 Å². The van der Waals surface area contributed by atoms with E-state index in [-0.39, 0.29) is 35.8 Å². The van der Waals surface area contributed by atoms with E-state index in [1.54, 1.807) is 7.05 Å². The molecule has 2 atom stereocenters. The molecule has 1 aliphatic rings. The summed E-state index contributed by atoms with van der Waals surface area (Å²) in [5.41, 5.74) is 0. The van der Waals surface area contributed by atoms with Gasteiger partial charge in [-0.3, -0.25) is 9.89 Å². The van der Waals surface area contributed by atoms with Crippen molar-refractivity contribution in [2.75, 3.05) is 38.7 Å². The van der Waals surface area contributed by atoms with Gasteiger partial charge in [-0.05, 0) is 45.2 Å². The van der Waals surface area contributed by atoms with E-state index < -0.39 is 9.84 Å². The number of nitrogens with zero attached hydrogens (tertiary/aromatic N) is 2. The lowest BCUT2D eigenvalue weighted by molar-refractivity contribution is 0.166. The minimum atomic E-state index is -2.92. The molecule has 0 aromatic rings. The molecule has 0 amide bonds. The number of sulfone groups is 1. The SMILES string of the molecule is CCC(CC)C(CNC(=NC)NC(C)CCS(C)(=O)=O)N1CCCC1.I. The Morgan fingerprint density at radius 3 is 2.23 bits per heavy atom. The predicted molar refractivity (Wildman–Crippen MR) is 122 cm³/mol. The first-order valence-corrected chi connectivity index (χ1v) is 11.8. The summed E-state index contributed by atoms with van der Waals surface area (Å²) >= 11 is 0. The molecule has 0 bridgehead atoms. The predicted octanol–water partition coefficient (Wildman–Crippen LogP) is 2.49. The second kappa shape index (κ2) is 13.1. The maximum Gasteiger partial charge on any atom is 0.191 e. The third kappa shape index (κ3) is 9.73. The molecule has 2 unspecified atom stereocenters. The van der Waals surface area contributed by atoms with Crippen LogP contribution >= 0.6 is 24.0 Å². The van der Waals surface area contributed by atoms with Gasteiger partial charge in [0, 0.05) is 31.9 Å². The lowest BCUT2D eigenvalue weighted by Gasteiger charge is -2.34. The minimum Gasteiger partial charge on any atom is -0.355 e. The molecule has 0 aromatic carbocycles. The number of guanidine groups is 1. The molecule has 1 saturated heterocycles. The minimum absolute atomic E-state index is 0. The van der Waals surface area contributed by atoms with Gasteiger partial charge in [0.05, 0.1) is 5.75 Å². The maximum absolute atomic E-state index is 11.3. The first kappa shape index (κ1) is 25.9. The second-order valence-corrected chi connectivity index (χ2v) is 9.56. The zero-order valence-electron chi connectivity index (χ0n) is 17.1. The Morgan fingerprint density at radius 2 is 1.77 bits per heavy atom. The average molecular weight is 503 g/mol. The van der Waals surface area contributed by atoms with Crippen molar-refractivity contribution >= 4 is 39.8 Å². The number of hydrogen-bond acceptors (Lipinski definition) is 4. The van der Waals surface area contributed by atoms with Gasteiger partial charge in [-0.25, -0.2) is 8.42 Å². The number of halogens is 1. The third-order valence-corrected chi connectivity index (χ3v) is 6.19. The van der Waals surface area contributed by atoms with E-state index in [0.29, 0.717) is 18.4 Å². The number of hydrogen-bond donors (Lipinski definition) is 2. The fourth-order valence-corrected chi connectivity index (χ4v) is 4.37. The van der Waals surface area contributed by atoms with Crippen LogP contribution in [0.25, 0.3) is 0 Å². The van der Waals surface area contributed by atoms with Crippen molar-refractivity contribution in [2.45, 2.75) is 65.0 Å². The molecule has 0 spiro atoms. The Labute approximate surface area is 177 Å². The summed E-state index contributed by atoms with van der Waals surface area (Å²) in [6, 6.07) is 0.599. The van der Waals surface area contributed by atoms with Gasteiger partial charge in [0.15, 0.2) is 5.96 Å². The summed E-state index contributed by atoms with van der Waals surface area (Å²) in [7, 11) is -1.16. The van der Waals surface area contributed by atoms with E-state index in [1.165, 1.54) is 45.0 Å². The van der Waals surface area contributed by atoms with E-state index in [0.717, 1.165) is 12.5 Å². The van der Waals surface area contributed by atoms with E-state index in [4.69, 9.17) is 0 Å². The van der Waals surface area contributed by atoms with E-state index in [1.807, 2.05) is 6.92 Å². The molecular weight excluding hydrogens is 463 g/mol. The van der Waals surface area contributed by atoms with Crippen molar-refractivity contribution in [2.24, 2.45) is 10.9 Å². The number of likely N-dealkylation sites (tertiary alicyclic amines) is 1. The van der Waals surface area contributed by atoms with E-state index in [2.05, 4.69) is 34.4 Å². The summed E-state index contributed by atoms with van der Waals surface area (Å²) in [5, 5.41) is 6.79. The van der Waals surface area contributed by atoms with Crippen molar-refractivity contribution in [1.29, 1.82) is 0 Å². The molecule has 156 valence electrons. The van der Waals surface area contributed by atoms with Crippen LogP contribution in [0.5, 0.6) is 0 Å². The Hall–Kier alpha value is -0.0900. The second-order valence-electron chi connectivity index (χ2n) is 7.30. The molecule has 0 aliphatic carbocycles. The van der Waals surface area contributed by atoms with Crippen molar-refractivity contribution in [1.82, 2.24) is 15.5 Å². The molecule has 1 heterocycles. The molecule has 6 nitrogen and oxygen atoms in total. The van der Waals surface area contributed by atoms with E-state index >= 15 is 0 Å². The molecule has 0 radical (unpaired) electrons.